The van der Waals surface area contributed by atoms with E-state index in [9.17, 15) is 9.59 Å². The van der Waals surface area contributed by atoms with Crippen LogP contribution < -0.4 is 10.2 Å². The number of aliphatic carboxylic acids is 1. The molecule has 1 aliphatic rings. The standard InChI is InChI=1S/C14H21N3O5S/c1-9(2)11(12(18)19)16-14(20)22-7-10-8-23-13(15-10)17-3-5-21-6-4-17/h8-9,11H,3-7H2,1-2H3,(H,16,20)(H,18,19)/t11-/m0/s1. The Labute approximate surface area is 138 Å². The molecule has 0 radical (unpaired) electrons. The Morgan fingerprint density at radius 2 is 2.17 bits per heavy atom. The second kappa shape index (κ2) is 8.11. The van der Waals surface area contributed by atoms with E-state index in [1.165, 1.54) is 11.3 Å². The van der Waals surface area contributed by atoms with Crippen LogP contribution in [0.2, 0.25) is 0 Å². The maximum absolute atomic E-state index is 11.7. The third-order valence-corrected chi connectivity index (χ3v) is 4.33. The maximum Gasteiger partial charge on any atom is 0.408 e. The minimum atomic E-state index is -1.08. The van der Waals surface area contributed by atoms with Crippen molar-refractivity contribution in [1.82, 2.24) is 10.3 Å². The van der Waals surface area contributed by atoms with Crippen molar-refractivity contribution in [2.75, 3.05) is 31.2 Å². The smallest absolute Gasteiger partial charge is 0.408 e. The van der Waals surface area contributed by atoms with Gasteiger partial charge in [-0.25, -0.2) is 14.6 Å². The first-order valence-corrected chi connectivity index (χ1v) is 8.28. The van der Waals surface area contributed by atoms with Crippen LogP contribution in [0.5, 0.6) is 0 Å². The Kier molecular flexibility index (Phi) is 6.17. The highest BCUT2D eigenvalue weighted by molar-refractivity contribution is 7.13. The average molecular weight is 343 g/mol. The molecule has 2 heterocycles. The largest absolute Gasteiger partial charge is 0.480 e. The van der Waals surface area contributed by atoms with Gasteiger partial charge in [-0.1, -0.05) is 13.8 Å². The molecule has 9 heteroatoms. The van der Waals surface area contributed by atoms with Crippen LogP contribution in [0, 0.1) is 5.92 Å². The highest BCUT2D eigenvalue weighted by Crippen LogP contribution is 2.21. The number of hydrogen-bond acceptors (Lipinski definition) is 7. The number of hydrogen-bond donors (Lipinski definition) is 2. The molecule has 1 atom stereocenters. The fourth-order valence-electron chi connectivity index (χ4n) is 2.08. The van der Waals surface area contributed by atoms with Crippen LogP contribution in [0.1, 0.15) is 19.5 Å². The van der Waals surface area contributed by atoms with Crippen molar-refractivity contribution in [1.29, 1.82) is 0 Å². The van der Waals surface area contributed by atoms with Crippen LogP contribution in [0.15, 0.2) is 5.38 Å². The Hall–Kier alpha value is -1.87. The lowest BCUT2D eigenvalue weighted by Gasteiger charge is -2.26. The number of carbonyl (C=O) groups is 2. The van der Waals surface area contributed by atoms with Crippen molar-refractivity contribution in [2.24, 2.45) is 5.92 Å². The molecule has 0 aliphatic carbocycles. The van der Waals surface area contributed by atoms with Gasteiger partial charge >= 0.3 is 12.1 Å². The van der Waals surface area contributed by atoms with Gasteiger partial charge in [0.1, 0.15) is 12.6 Å². The van der Waals surface area contributed by atoms with Gasteiger partial charge in [-0.2, -0.15) is 0 Å². The summed E-state index contributed by atoms with van der Waals surface area (Å²) in [6, 6.07) is -0.971. The molecule has 1 aliphatic heterocycles. The van der Waals surface area contributed by atoms with Crippen LogP contribution in [-0.4, -0.2) is 54.5 Å². The van der Waals surface area contributed by atoms with Gasteiger partial charge in [-0.15, -0.1) is 11.3 Å². The number of carbonyl (C=O) groups excluding carboxylic acids is 1. The zero-order chi connectivity index (χ0) is 16.8. The molecule has 1 amide bonds. The second-order valence-corrected chi connectivity index (χ2v) is 6.34. The zero-order valence-electron chi connectivity index (χ0n) is 13.2. The topological polar surface area (TPSA) is 101 Å². The molecule has 2 rings (SSSR count). The van der Waals surface area contributed by atoms with E-state index in [2.05, 4.69) is 15.2 Å². The molecular formula is C14H21N3O5S. The van der Waals surface area contributed by atoms with Crippen LogP contribution in [-0.2, 0) is 20.9 Å². The first-order chi connectivity index (χ1) is 11.0. The maximum atomic E-state index is 11.7. The molecule has 128 valence electrons. The molecule has 0 bridgehead atoms. The van der Waals surface area contributed by atoms with Gasteiger partial charge < -0.3 is 24.8 Å². The predicted octanol–water partition coefficient (Wildman–Crippen LogP) is 1.32. The number of amides is 1. The molecule has 2 N–H and O–H groups in total. The number of aromatic nitrogens is 1. The second-order valence-electron chi connectivity index (χ2n) is 5.50. The summed E-state index contributed by atoms with van der Waals surface area (Å²) in [4.78, 5) is 29.3. The number of nitrogens with zero attached hydrogens (tertiary/aromatic N) is 2. The van der Waals surface area contributed by atoms with Crippen LogP contribution in [0.25, 0.3) is 0 Å². The van der Waals surface area contributed by atoms with Gasteiger partial charge in [0.15, 0.2) is 5.13 Å². The van der Waals surface area contributed by atoms with E-state index in [0.29, 0.717) is 18.9 Å². The van der Waals surface area contributed by atoms with Gasteiger partial charge in [0.05, 0.1) is 18.9 Å². The minimum Gasteiger partial charge on any atom is -0.480 e. The quantitative estimate of drug-likeness (QED) is 0.803. The summed E-state index contributed by atoms with van der Waals surface area (Å²) in [5, 5.41) is 14.1. The molecule has 1 aromatic rings. The van der Waals surface area contributed by atoms with E-state index in [0.717, 1.165) is 18.2 Å². The first kappa shape index (κ1) is 17.5. The van der Waals surface area contributed by atoms with Crippen molar-refractivity contribution in [3.63, 3.8) is 0 Å². The first-order valence-electron chi connectivity index (χ1n) is 7.40. The number of nitrogens with one attached hydrogen (secondary N) is 1. The van der Waals surface area contributed by atoms with E-state index < -0.39 is 18.1 Å². The van der Waals surface area contributed by atoms with Gasteiger partial charge in [0.25, 0.3) is 0 Å². The Morgan fingerprint density at radius 3 is 2.78 bits per heavy atom. The molecule has 1 saturated heterocycles. The fourth-order valence-corrected chi connectivity index (χ4v) is 2.95. The number of rotatable bonds is 6. The lowest BCUT2D eigenvalue weighted by Crippen LogP contribution is -2.44. The summed E-state index contributed by atoms with van der Waals surface area (Å²) in [6.45, 7) is 6.39. The lowest BCUT2D eigenvalue weighted by atomic mass is 10.1. The number of thiazole rings is 1. The Balaban J connectivity index is 1.82. The van der Waals surface area contributed by atoms with E-state index in [1.54, 1.807) is 13.8 Å². The summed E-state index contributed by atoms with van der Waals surface area (Å²) in [6.07, 6.45) is -0.757. The third-order valence-electron chi connectivity index (χ3n) is 3.38. The van der Waals surface area contributed by atoms with Gasteiger partial charge in [0.2, 0.25) is 0 Å². The van der Waals surface area contributed by atoms with E-state index in [1.807, 2.05) is 5.38 Å². The SMILES string of the molecule is CC(C)[C@H](NC(=O)OCc1csc(N2CCOCC2)n1)C(=O)O. The third kappa shape index (κ3) is 5.07. The number of morpholine rings is 1. The van der Waals surface area contributed by atoms with E-state index in [4.69, 9.17) is 14.6 Å². The van der Waals surface area contributed by atoms with Crippen LogP contribution >= 0.6 is 11.3 Å². The summed E-state index contributed by atoms with van der Waals surface area (Å²) in [5.74, 6) is -1.31. The highest BCUT2D eigenvalue weighted by Gasteiger charge is 2.24. The van der Waals surface area contributed by atoms with Crippen molar-refractivity contribution in [2.45, 2.75) is 26.5 Å². The van der Waals surface area contributed by atoms with E-state index in [-0.39, 0.29) is 12.5 Å². The zero-order valence-corrected chi connectivity index (χ0v) is 14.0. The average Bonchev–Trinajstić information content (AvgIpc) is 3.00. The van der Waals surface area contributed by atoms with Crippen molar-refractivity contribution in [3.8, 4) is 0 Å². The van der Waals surface area contributed by atoms with Gasteiger partial charge in [-0.05, 0) is 5.92 Å². The number of ether oxygens (including phenoxy) is 2. The predicted molar refractivity (Wildman–Crippen MR) is 84.7 cm³/mol. The van der Waals surface area contributed by atoms with Crippen LogP contribution in [0.3, 0.4) is 0 Å². The minimum absolute atomic E-state index is 0.0110. The van der Waals surface area contributed by atoms with Crippen molar-refractivity contribution < 1.29 is 24.2 Å². The summed E-state index contributed by atoms with van der Waals surface area (Å²) < 4.78 is 10.3. The normalized spacial score (nSPS) is 16.2. The van der Waals surface area contributed by atoms with Gasteiger partial charge in [0, 0.05) is 18.5 Å². The Bertz CT molecular complexity index is 542. The van der Waals surface area contributed by atoms with Crippen LogP contribution in [0.4, 0.5) is 9.93 Å². The molecule has 0 saturated carbocycles. The van der Waals surface area contributed by atoms with Crippen molar-refractivity contribution in [3.05, 3.63) is 11.1 Å². The molecule has 0 aromatic carbocycles. The summed E-state index contributed by atoms with van der Waals surface area (Å²) in [7, 11) is 0. The molecular weight excluding hydrogens is 322 g/mol. The highest BCUT2D eigenvalue weighted by atomic mass is 32.1. The molecule has 1 fully saturated rings. The number of carboxylic acid groups (broad SMARTS) is 1. The van der Waals surface area contributed by atoms with Crippen molar-refractivity contribution >= 4 is 28.5 Å². The van der Waals surface area contributed by atoms with E-state index >= 15 is 0 Å². The number of alkyl carbamates (subject to hydrolysis) is 1. The molecule has 23 heavy (non-hydrogen) atoms. The number of anilines is 1. The molecule has 8 nitrogen and oxygen atoms in total. The Morgan fingerprint density at radius 1 is 1.48 bits per heavy atom. The lowest BCUT2D eigenvalue weighted by molar-refractivity contribution is -0.140. The van der Waals surface area contributed by atoms with Gasteiger partial charge in [-0.3, -0.25) is 0 Å². The fraction of sp³-hybridized carbons (Fsp3) is 0.643. The molecule has 1 aromatic heterocycles. The molecule has 0 spiro atoms. The number of carboxylic acids is 1. The summed E-state index contributed by atoms with van der Waals surface area (Å²) in [5.41, 5.74) is 0.642. The monoisotopic (exact) mass is 343 g/mol. The molecule has 0 unspecified atom stereocenters. The summed E-state index contributed by atoms with van der Waals surface area (Å²) >= 11 is 1.48.